The third-order valence-electron chi connectivity index (χ3n) is 3.27. The first-order valence-corrected chi connectivity index (χ1v) is 9.82. The summed E-state index contributed by atoms with van der Waals surface area (Å²) in [5.74, 6) is 1.12. The van der Waals surface area contributed by atoms with E-state index in [9.17, 15) is 4.79 Å². The quantitative estimate of drug-likeness (QED) is 0.438. The minimum Gasteiger partial charge on any atom is -0.465 e. The van der Waals surface area contributed by atoms with Gasteiger partial charge < -0.3 is 9.15 Å². The second-order valence-corrected chi connectivity index (χ2v) is 7.64. The summed E-state index contributed by atoms with van der Waals surface area (Å²) in [7, 11) is 0. The summed E-state index contributed by atoms with van der Waals surface area (Å²) >= 11 is 2.55. The van der Waals surface area contributed by atoms with Crippen LogP contribution in [0.3, 0.4) is 0 Å². The lowest BCUT2D eigenvalue weighted by molar-refractivity contribution is -0.142. The topological polar surface area (TPSA) is 108 Å². The molecule has 11 heteroatoms. The lowest BCUT2D eigenvalue weighted by Gasteiger charge is -2.06. The van der Waals surface area contributed by atoms with Crippen molar-refractivity contribution in [3.63, 3.8) is 0 Å². The summed E-state index contributed by atoms with van der Waals surface area (Å²) in [5, 5.41) is 12.9. The van der Waals surface area contributed by atoms with Crippen molar-refractivity contribution in [2.24, 2.45) is 0 Å². The van der Waals surface area contributed by atoms with Gasteiger partial charge in [-0.3, -0.25) is 4.79 Å². The molecule has 3 heterocycles. The van der Waals surface area contributed by atoms with E-state index in [0.717, 1.165) is 11.4 Å². The fraction of sp³-hybridized carbons (Fsp3) is 0.467. The molecular weight excluding hydrogens is 376 g/mol. The molecule has 0 amide bonds. The maximum atomic E-state index is 11.6. The van der Waals surface area contributed by atoms with Gasteiger partial charge in [-0.1, -0.05) is 23.5 Å². The number of nitrogens with zero attached hydrogens (tertiary/aromatic N) is 6. The second-order valence-electron chi connectivity index (χ2n) is 5.41. The van der Waals surface area contributed by atoms with Crippen LogP contribution in [0.5, 0.6) is 0 Å². The Balaban J connectivity index is 1.61. The van der Waals surface area contributed by atoms with Gasteiger partial charge in [0.25, 0.3) is 11.0 Å². The molecule has 138 valence electrons. The van der Waals surface area contributed by atoms with Gasteiger partial charge in [0.15, 0.2) is 0 Å². The zero-order chi connectivity index (χ0) is 18.7. The van der Waals surface area contributed by atoms with Gasteiger partial charge in [0.2, 0.25) is 11.0 Å². The maximum Gasteiger partial charge on any atom is 0.319 e. The Morgan fingerprint density at radius 1 is 1.35 bits per heavy atom. The first kappa shape index (κ1) is 18.6. The average molecular weight is 394 g/mol. The van der Waals surface area contributed by atoms with Gasteiger partial charge >= 0.3 is 5.97 Å². The molecule has 3 aromatic heterocycles. The summed E-state index contributed by atoms with van der Waals surface area (Å²) in [6, 6.07) is 1.95. The Bertz CT molecular complexity index is 925. The second kappa shape index (κ2) is 8.04. The Hall–Kier alpha value is -2.14. The molecule has 0 aromatic carbocycles. The highest BCUT2D eigenvalue weighted by atomic mass is 32.2. The van der Waals surface area contributed by atoms with Crippen LogP contribution in [-0.2, 0) is 15.3 Å². The fourth-order valence-corrected chi connectivity index (χ4v) is 3.49. The van der Waals surface area contributed by atoms with Crippen LogP contribution in [0, 0.1) is 13.8 Å². The first-order valence-electron chi connectivity index (χ1n) is 7.95. The van der Waals surface area contributed by atoms with Crippen molar-refractivity contribution >= 4 is 35.3 Å². The van der Waals surface area contributed by atoms with Crippen molar-refractivity contribution in [1.82, 2.24) is 29.8 Å². The molecule has 1 atom stereocenters. The molecule has 0 aliphatic rings. The number of hydrogen-bond donors (Lipinski definition) is 0. The molecule has 0 saturated heterocycles. The molecule has 0 spiro atoms. The third kappa shape index (κ3) is 4.33. The van der Waals surface area contributed by atoms with E-state index in [2.05, 4.69) is 25.3 Å². The van der Waals surface area contributed by atoms with Gasteiger partial charge in [-0.15, -0.1) is 15.3 Å². The molecule has 0 unspecified atom stereocenters. The molecule has 0 fully saturated rings. The largest absolute Gasteiger partial charge is 0.465 e. The Kier molecular flexibility index (Phi) is 5.77. The molecule has 9 nitrogen and oxygen atoms in total. The Morgan fingerprint density at radius 3 is 2.92 bits per heavy atom. The standard InChI is InChI=1S/C15H18N6O3S2/c1-5-23-12(22)10(4)26-15-19-18-11(24-15)7-25-14-17-13-16-8(2)6-9(3)21(13)20-14/h6,10H,5,7H2,1-4H3/t10-/m1/s1. The summed E-state index contributed by atoms with van der Waals surface area (Å²) in [4.78, 5) is 20.4. The summed E-state index contributed by atoms with van der Waals surface area (Å²) in [6.45, 7) is 7.72. The number of esters is 1. The highest BCUT2D eigenvalue weighted by Gasteiger charge is 2.19. The van der Waals surface area contributed by atoms with E-state index < -0.39 is 5.25 Å². The van der Waals surface area contributed by atoms with Crippen molar-refractivity contribution in [3.05, 3.63) is 23.3 Å². The number of thioether (sulfide) groups is 2. The fourth-order valence-electron chi connectivity index (χ4n) is 2.14. The monoisotopic (exact) mass is 394 g/mol. The lowest BCUT2D eigenvalue weighted by atomic mass is 10.4. The van der Waals surface area contributed by atoms with Gasteiger partial charge in [-0.2, -0.15) is 4.98 Å². The van der Waals surface area contributed by atoms with Crippen LogP contribution in [0.1, 0.15) is 31.1 Å². The normalized spacial score (nSPS) is 12.5. The van der Waals surface area contributed by atoms with Crippen LogP contribution in [0.2, 0.25) is 0 Å². The molecule has 0 bridgehead atoms. The molecule has 3 aromatic rings. The number of aryl methyl sites for hydroxylation is 2. The van der Waals surface area contributed by atoms with Crippen molar-refractivity contribution in [2.45, 2.75) is 49.1 Å². The van der Waals surface area contributed by atoms with E-state index in [4.69, 9.17) is 9.15 Å². The van der Waals surface area contributed by atoms with Crippen LogP contribution in [-0.4, -0.2) is 47.6 Å². The number of carbonyl (C=O) groups is 1. The smallest absolute Gasteiger partial charge is 0.319 e. The molecule has 0 N–H and O–H groups in total. The van der Waals surface area contributed by atoms with Gasteiger partial charge in [-0.05, 0) is 33.8 Å². The predicted molar refractivity (Wildman–Crippen MR) is 96.1 cm³/mol. The number of carbonyl (C=O) groups excluding carboxylic acids is 1. The third-order valence-corrected chi connectivity index (χ3v) is 5.00. The minimum absolute atomic E-state index is 0.307. The minimum atomic E-state index is -0.409. The summed E-state index contributed by atoms with van der Waals surface area (Å²) in [5.41, 5.74) is 1.87. The van der Waals surface area contributed by atoms with E-state index >= 15 is 0 Å². The zero-order valence-electron chi connectivity index (χ0n) is 14.8. The van der Waals surface area contributed by atoms with Gasteiger partial charge in [-0.25, -0.2) is 9.50 Å². The number of aromatic nitrogens is 6. The number of hydrogen-bond acceptors (Lipinski definition) is 10. The Labute approximate surface area is 158 Å². The maximum absolute atomic E-state index is 11.6. The highest BCUT2D eigenvalue weighted by molar-refractivity contribution is 8.00. The SMILES string of the molecule is CCOC(=O)[C@@H](C)Sc1nnc(CSc2nc3nc(C)cc(C)n3n2)o1. The number of rotatable bonds is 7. The van der Waals surface area contributed by atoms with Crippen LogP contribution >= 0.6 is 23.5 Å². The van der Waals surface area contributed by atoms with Gasteiger partial charge in [0.05, 0.1) is 12.4 Å². The van der Waals surface area contributed by atoms with Crippen LogP contribution in [0.4, 0.5) is 0 Å². The van der Waals surface area contributed by atoms with Crippen molar-refractivity contribution < 1.29 is 13.9 Å². The summed E-state index contributed by atoms with van der Waals surface area (Å²) in [6.07, 6.45) is 0. The number of ether oxygens (including phenoxy) is 1. The van der Waals surface area contributed by atoms with Crippen LogP contribution in [0.25, 0.3) is 5.78 Å². The lowest BCUT2D eigenvalue weighted by Crippen LogP contribution is -2.16. The van der Waals surface area contributed by atoms with Gasteiger partial charge in [0.1, 0.15) is 5.25 Å². The first-order chi connectivity index (χ1) is 12.5. The molecule has 0 aliphatic heterocycles. The van der Waals surface area contributed by atoms with Crippen LogP contribution < -0.4 is 0 Å². The molecule has 0 aliphatic carbocycles. The molecular formula is C15H18N6O3S2. The van der Waals surface area contributed by atoms with Crippen molar-refractivity contribution in [2.75, 3.05) is 6.61 Å². The molecule has 3 rings (SSSR count). The van der Waals surface area contributed by atoms with Crippen LogP contribution in [0.15, 0.2) is 20.9 Å². The van der Waals surface area contributed by atoms with E-state index in [1.807, 2.05) is 19.9 Å². The number of fused-ring (bicyclic) bond motifs is 1. The predicted octanol–water partition coefficient (Wildman–Crippen LogP) is 2.46. The van der Waals surface area contributed by atoms with Crippen molar-refractivity contribution in [1.29, 1.82) is 0 Å². The van der Waals surface area contributed by atoms with E-state index in [1.54, 1.807) is 18.4 Å². The van der Waals surface area contributed by atoms with E-state index in [0.29, 0.717) is 34.4 Å². The molecule has 0 radical (unpaired) electrons. The highest BCUT2D eigenvalue weighted by Crippen LogP contribution is 2.25. The van der Waals surface area contributed by atoms with E-state index in [1.165, 1.54) is 23.5 Å². The summed E-state index contributed by atoms with van der Waals surface area (Å²) < 4.78 is 12.2. The average Bonchev–Trinajstić information content (AvgIpc) is 3.19. The van der Waals surface area contributed by atoms with E-state index in [-0.39, 0.29) is 5.97 Å². The Morgan fingerprint density at radius 2 is 2.15 bits per heavy atom. The van der Waals surface area contributed by atoms with Crippen molar-refractivity contribution in [3.8, 4) is 0 Å². The molecule has 26 heavy (non-hydrogen) atoms. The molecule has 0 saturated carbocycles. The van der Waals surface area contributed by atoms with Gasteiger partial charge in [0, 0.05) is 11.4 Å². The zero-order valence-corrected chi connectivity index (χ0v) is 16.4.